The summed E-state index contributed by atoms with van der Waals surface area (Å²) >= 11 is 0. The molecule has 0 radical (unpaired) electrons. The maximum absolute atomic E-state index is 10.9. The van der Waals surface area contributed by atoms with Gasteiger partial charge >= 0.3 is 0 Å². The first kappa shape index (κ1) is 17.5. The van der Waals surface area contributed by atoms with Gasteiger partial charge in [0.15, 0.2) is 5.96 Å². The average molecular weight is 415 g/mol. The molecule has 3 N–H and O–H groups in total. The van der Waals surface area contributed by atoms with Gasteiger partial charge in [0.2, 0.25) is 0 Å². The number of hydrogen-bond donors (Lipinski definition) is 2. The Kier molecular flexibility index (Phi) is 6.09. The molecule has 1 aromatic rings. The van der Waals surface area contributed by atoms with E-state index in [0.29, 0.717) is 12.5 Å². The normalized spacial score (nSPS) is 25.3. The summed E-state index contributed by atoms with van der Waals surface area (Å²) in [6.07, 6.45) is 6.59. The van der Waals surface area contributed by atoms with Crippen molar-refractivity contribution >= 4 is 29.9 Å². The number of aliphatic imine (C=N–C) groups is 1. The highest BCUT2D eigenvalue weighted by molar-refractivity contribution is 14.0. The van der Waals surface area contributed by atoms with Crippen molar-refractivity contribution in [3.8, 4) is 0 Å². The van der Waals surface area contributed by atoms with Crippen LogP contribution in [0, 0.1) is 0 Å². The van der Waals surface area contributed by atoms with E-state index in [9.17, 15) is 5.11 Å². The average Bonchev–Trinajstić information content (AvgIpc) is 2.70. The number of likely N-dealkylation sites (tertiary alicyclic amines) is 1. The number of halogens is 1. The number of guanidine groups is 1. The third kappa shape index (κ3) is 3.74. The Balaban J connectivity index is 0.00000176. The fraction of sp³-hybridized carbons (Fsp3) is 0.588. The predicted molar refractivity (Wildman–Crippen MR) is 101 cm³/mol. The lowest BCUT2D eigenvalue weighted by Crippen LogP contribution is -2.39. The van der Waals surface area contributed by atoms with Crippen LogP contribution in [0.1, 0.15) is 43.2 Å². The summed E-state index contributed by atoms with van der Waals surface area (Å²) in [5.74, 6) is 0.592. The van der Waals surface area contributed by atoms with Crippen molar-refractivity contribution in [2.45, 2.75) is 44.1 Å². The highest BCUT2D eigenvalue weighted by atomic mass is 127. The minimum absolute atomic E-state index is 0. The second-order valence-corrected chi connectivity index (χ2v) is 6.26. The second kappa shape index (κ2) is 7.64. The summed E-state index contributed by atoms with van der Waals surface area (Å²) in [7, 11) is 0. The lowest BCUT2D eigenvalue weighted by atomic mass is 9.96. The van der Waals surface area contributed by atoms with Gasteiger partial charge in [0, 0.05) is 13.1 Å². The van der Waals surface area contributed by atoms with Gasteiger partial charge in [-0.2, -0.15) is 0 Å². The van der Waals surface area contributed by atoms with Crippen LogP contribution in [-0.2, 0) is 12.0 Å². The molecule has 3 rings (SSSR count). The van der Waals surface area contributed by atoms with Crippen LogP contribution in [0.15, 0.2) is 29.3 Å². The van der Waals surface area contributed by atoms with Crippen molar-refractivity contribution < 1.29 is 5.11 Å². The fourth-order valence-electron chi connectivity index (χ4n) is 3.44. The Morgan fingerprint density at radius 3 is 2.59 bits per heavy atom. The van der Waals surface area contributed by atoms with Gasteiger partial charge in [-0.25, -0.2) is 4.99 Å². The number of aliphatic hydroxyl groups is 1. The first-order valence-electron chi connectivity index (χ1n) is 8.05. The maximum atomic E-state index is 10.9. The van der Waals surface area contributed by atoms with E-state index >= 15 is 0 Å². The number of nitrogens with zero attached hydrogens (tertiary/aromatic N) is 2. The molecular weight excluding hydrogens is 389 g/mol. The van der Waals surface area contributed by atoms with Gasteiger partial charge < -0.3 is 15.7 Å². The van der Waals surface area contributed by atoms with Crippen LogP contribution in [0.5, 0.6) is 0 Å². The largest absolute Gasteiger partial charge is 0.383 e. The van der Waals surface area contributed by atoms with Crippen molar-refractivity contribution in [2.75, 3.05) is 19.6 Å². The Bertz CT molecular complexity index is 526. The number of nitrogens with two attached hydrogens (primary N) is 1. The van der Waals surface area contributed by atoms with Crippen LogP contribution in [-0.4, -0.2) is 35.6 Å². The van der Waals surface area contributed by atoms with Crippen molar-refractivity contribution in [1.29, 1.82) is 0 Å². The topological polar surface area (TPSA) is 61.9 Å². The standard InChI is InChI=1S/C17H25N3O.HI/c18-16(20-11-5-1-2-6-12-20)19-13-17(21)10-9-14-7-3-4-8-15(14)17;/h3-4,7-8,21H,1-2,5-6,9-13H2,(H2,18,19);1H. The molecule has 1 saturated heterocycles. The molecule has 1 heterocycles. The van der Waals surface area contributed by atoms with Crippen LogP contribution in [0.25, 0.3) is 0 Å². The number of rotatable bonds is 2. The number of hydrogen-bond acceptors (Lipinski definition) is 2. The molecule has 5 heteroatoms. The van der Waals surface area contributed by atoms with Gasteiger partial charge in [-0.05, 0) is 36.8 Å². The molecule has 4 nitrogen and oxygen atoms in total. The van der Waals surface area contributed by atoms with Gasteiger partial charge in [-0.3, -0.25) is 0 Å². The monoisotopic (exact) mass is 415 g/mol. The Morgan fingerprint density at radius 2 is 1.86 bits per heavy atom. The van der Waals surface area contributed by atoms with Crippen LogP contribution < -0.4 is 5.73 Å². The smallest absolute Gasteiger partial charge is 0.191 e. The first-order chi connectivity index (χ1) is 10.2. The molecule has 2 aliphatic rings. The maximum Gasteiger partial charge on any atom is 0.191 e. The van der Waals surface area contributed by atoms with E-state index < -0.39 is 5.60 Å². The molecule has 0 spiro atoms. The summed E-state index contributed by atoms with van der Waals surface area (Å²) in [6.45, 7) is 2.35. The molecule has 0 aromatic heterocycles. The minimum atomic E-state index is -0.840. The van der Waals surface area contributed by atoms with Gasteiger partial charge in [-0.15, -0.1) is 24.0 Å². The summed E-state index contributed by atoms with van der Waals surface area (Å²) < 4.78 is 0. The van der Waals surface area contributed by atoms with Gasteiger partial charge in [0.25, 0.3) is 0 Å². The minimum Gasteiger partial charge on any atom is -0.383 e. The first-order valence-corrected chi connectivity index (χ1v) is 8.05. The SMILES string of the molecule is I.NC(=NCC1(O)CCc2ccccc21)N1CCCCCC1. The van der Waals surface area contributed by atoms with Gasteiger partial charge in [0.05, 0.1) is 6.54 Å². The molecule has 0 saturated carbocycles. The lowest BCUT2D eigenvalue weighted by Gasteiger charge is -2.25. The molecule has 0 amide bonds. The molecule has 122 valence electrons. The summed E-state index contributed by atoms with van der Waals surface area (Å²) in [6, 6.07) is 8.12. The quantitative estimate of drug-likeness (QED) is 0.444. The highest BCUT2D eigenvalue weighted by Crippen LogP contribution is 2.36. The van der Waals surface area contributed by atoms with Crippen LogP contribution >= 0.6 is 24.0 Å². The van der Waals surface area contributed by atoms with Crippen molar-refractivity contribution in [3.05, 3.63) is 35.4 Å². The zero-order valence-corrected chi connectivity index (χ0v) is 15.3. The Labute approximate surface area is 149 Å². The van der Waals surface area contributed by atoms with E-state index in [1.54, 1.807) is 0 Å². The predicted octanol–water partition coefficient (Wildman–Crippen LogP) is 2.63. The van der Waals surface area contributed by atoms with E-state index in [2.05, 4.69) is 16.0 Å². The fourth-order valence-corrected chi connectivity index (χ4v) is 3.44. The molecule has 22 heavy (non-hydrogen) atoms. The molecule has 1 aromatic carbocycles. The number of benzene rings is 1. The number of aryl methyl sites for hydroxylation is 1. The summed E-state index contributed by atoms with van der Waals surface area (Å²) in [4.78, 5) is 6.68. The molecule has 1 aliphatic carbocycles. The van der Waals surface area contributed by atoms with E-state index in [0.717, 1.165) is 31.5 Å². The highest BCUT2D eigenvalue weighted by Gasteiger charge is 2.36. The van der Waals surface area contributed by atoms with E-state index in [-0.39, 0.29) is 24.0 Å². The van der Waals surface area contributed by atoms with Gasteiger partial charge in [0.1, 0.15) is 5.60 Å². The van der Waals surface area contributed by atoms with E-state index in [1.165, 1.54) is 31.2 Å². The summed E-state index contributed by atoms with van der Waals surface area (Å²) in [5.41, 5.74) is 7.56. The van der Waals surface area contributed by atoms with Crippen LogP contribution in [0.4, 0.5) is 0 Å². The third-order valence-electron chi connectivity index (χ3n) is 4.76. The molecule has 1 unspecified atom stereocenters. The molecular formula is C17H26IN3O. The molecule has 1 aliphatic heterocycles. The van der Waals surface area contributed by atoms with Crippen molar-refractivity contribution in [1.82, 2.24) is 4.90 Å². The van der Waals surface area contributed by atoms with E-state index in [4.69, 9.17) is 5.73 Å². The van der Waals surface area contributed by atoms with Crippen LogP contribution in [0.2, 0.25) is 0 Å². The van der Waals surface area contributed by atoms with E-state index in [1.807, 2.05) is 18.2 Å². The Morgan fingerprint density at radius 1 is 1.18 bits per heavy atom. The zero-order valence-electron chi connectivity index (χ0n) is 13.0. The number of fused-ring (bicyclic) bond motifs is 1. The second-order valence-electron chi connectivity index (χ2n) is 6.26. The lowest BCUT2D eigenvalue weighted by molar-refractivity contribution is 0.0483. The zero-order chi connectivity index (χ0) is 14.7. The van der Waals surface area contributed by atoms with Crippen LogP contribution in [0.3, 0.4) is 0 Å². The summed E-state index contributed by atoms with van der Waals surface area (Å²) in [5, 5.41) is 10.9. The third-order valence-corrected chi connectivity index (χ3v) is 4.76. The van der Waals surface area contributed by atoms with Gasteiger partial charge in [-0.1, -0.05) is 37.1 Å². The molecule has 1 fully saturated rings. The van der Waals surface area contributed by atoms with Crippen molar-refractivity contribution in [3.63, 3.8) is 0 Å². The Hall–Kier alpha value is -0.820. The molecule has 0 bridgehead atoms. The van der Waals surface area contributed by atoms with Crippen molar-refractivity contribution in [2.24, 2.45) is 10.7 Å². The molecule has 1 atom stereocenters.